The summed E-state index contributed by atoms with van der Waals surface area (Å²) in [5.41, 5.74) is 0.989. The maximum atomic E-state index is 12.2. The van der Waals surface area contributed by atoms with Crippen LogP contribution in [0, 0.1) is 6.92 Å². The molecule has 0 aliphatic carbocycles. The monoisotopic (exact) mass is 291 g/mol. The Morgan fingerprint density at radius 3 is 2.76 bits per heavy atom. The van der Waals surface area contributed by atoms with E-state index in [0.29, 0.717) is 6.54 Å². The molecule has 0 radical (unpaired) electrons. The van der Waals surface area contributed by atoms with Gasteiger partial charge in [-0.3, -0.25) is 4.79 Å². The average molecular weight is 291 g/mol. The fourth-order valence-electron chi connectivity index (χ4n) is 2.59. The molecular formula is C15H25N5O. The standard InChI is InChI=1S/C15H25N5O/c1-4-7-16-14-12(2)15(18-11-17-14)19(3)10-13(21)20-8-5-6-9-20/h11H,4-10H2,1-3H3,(H,16,17,18). The van der Waals surface area contributed by atoms with Crippen molar-refractivity contribution in [3.63, 3.8) is 0 Å². The van der Waals surface area contributed by atoms with E-state index >= 15 is 0 Å². The second-order valence-electron chi connectivity index (χ2n) is 5.54. The van der Waals surface area contributed by atoms with E-state index in [4.69, 9.17) is 0 Å². The molecule has 1 aromatic rings. The zero-order valence-corrected chi connectivity index (χ0v) is 13.2. The normalized spacial score (nSPS) is 14.3. The predicted molar refractivity (Wildman–Crippen MR) is 84.6 cm³/mol. The Morgan fingerprint density at radius 1 is 1.38 bits per heavy atom. The number of carbonyl (C=O) groups excluding carboxylic acids is 1. The van der Waals surface area contributed by atoms with Crippen LogP contribution >= 0.6 is 0 Å². The molecule has 6 heteroatoms. The van der Waals surface area contributed by atoms with Crippen molar-refractivity contribution in [2.75, 3.05) is 43.4 Å². The quantitative estimate of drug-likeness (QED) is 0.864. The molecule has 1 saturated heterocycles. The van der Waals surface area contributed by atoms with Crippen molar-refractivity contribution in [2.45, 2.75) is 33.1 Å². The summed E-state index contributed by atoms with van der Waals surface area (Å²) in [5, 5.41) is 3.29. The van der Waals surface area contributed by atoms with Crippen LogP contribution in [0.15, 0.2) is 6.33 Å². The fourth-order valence-corrected chi connectivity index (χ4v) is 2.59. The molecule has 1 N–H and O–H groups in total. The van der Waals surface area contributed by atoms with Gasteiger partial charge in [-0.05, 0) is 26.2 Å². The van der Waals surface area contributed by atoms with Crippen molar-refractivity contribution < 1.29 is 4.79 Å². The lowest BCUT2D eigenvalue weighted by molar-refractivity contribution is -0.128. The summed E-state index contributed by atoms with van der Waals surface area (Å²) in [4.78, 5) is 24.7. The molecule has 1 aliphatic rings. The molecule has 1 amide bonds. The third-order valence-electron chi connectivity index (χ3n) is 3.79. The highest BCUT2D eigenvalue weighted by Gasteiger charge is 2.20. The van der Waals surface area contributed by atoms with Crippen LogP contribution in [0.25, 0.3) is 0 Å². The molecule has 0 bridgehead atoms. The van der Waals surface area contributed by atoms with Gasteiger partial charge in [-0.25, -0.2) is 9.97 Å². The molecular weight excluding hydrogens is 266 g/mol. The number of hydrogen-bond donors (Lipinski definition) is 1. The molecule has 0 atom stereocenters. The van der Waals surface area contributed by atoms with Crippen LogP contribution in [0.5, 0.6) is 0 Å². The molecule has 1 aliphatic heterocycles. The van der Waals surface area contributed by atoms with Crippen molar-refractivity contribution in [2.24, 2.45) is 0 Å². The smallest absolute Gasteiger partial charge is 0.242 e. The number of rotatable bonds is 6. The van der Waals surface area contributed by atoms with Crippen molar-refractivity contribution in [3.8, 4) is 0 Å². The Kier molecular flexibility index (Phi) is 5.36. The van der Waals surface area contributed by atoms with Gasteiger partial charge in [0.1, 0.15) is 18.0 Å². The Hall–Kier alpha value is -1.85. The number of likely N-dealkylation sites (tertiary alicyclic amines) is 1. The van der Waals surface area contributed by atoms with Crippen molar-refractivity contribution in [1.29, 1.82) is 0 Å². The first-order valence-electron chi connectivity index (χ1n) is 7.68. The molecule has 6 nitrogen and oxygen atoms in total. The molecule has 0 spiro atoms. The summed E-state index contributed by atoms with van der Waals surface area (Å²) in [6.07, 6.45) is 4.83. The number of aromatic nitrogens is 2. The first kappa shape index (κ1) is 15.5. The predicted octanol–water partition coefficient (Wildman–Crippen LogP) is 1.67. The highest BCUT2D eigenvalue weighted by molar-refractivity contribution is 5.81. The second-order valence-corrected chi connectivity index (χ2v) is 5.54. The van der Waals surface area contributed by atoms with Gasteiger partial charge in [-0.2, -0.15) is 0 Å². The number of amides is 1. The summed E-state index contributed by atoms with van der Waals surface area (Å²) < 4.78 is 0. The van der Waals surface area contributed by atoms with Gasteiger partial charge < -0.3 is 15.1 Å². The minimum Gasteiger partial charge on any atom is -0.370 e. The number of anilines is 2. The largest absolute Gasteiger partial charge is 0.370 e. The Bertz CT molecular complexity index is 485. The number of carbonyl (C=O) groups is 1. The highest BCUT2D eigenvalue weighted by Crippen LogP contribution is 2.21. The minimum atomic E-state index is 0.177. The van der Waals surface area contributed by atoms with E-state index in [-0.39, 0.29) is 5.91 Å². The van der Waals surface area contributed by atoms with Gasteiger partial charge in [0.2, 0.25) is 5.91 Å². The maximum absolute atomic E-state index is 12.2. The van der Waals surface area contributed by atoms with Gasteiger partial charge >= 0.3 is 0 Å². The summed E-state index contributed by atoms with van der Waals surface area (Å²) >= 11 is 0. The van der Waals surface area contributed by atoms with Gasteiger partial charge in [0.15, 0.2) is 0 Å². The zero-order chi connectivity index (χ0) is 15.2. The van der Waals surface area contributed by atoms with Crippen LogP contribution in [0.4, 0.5) is 11.6 Å². The van der Waals surface area contributed by atoms with Crippen LogP contribution in [0.1, 0.15) is 31.7 Å². The Morgan fingerprint density at radius 2 is 2.10 bits per heavy atom. The van der Waals surface area contributed by atoms with Gasteiger partial charge in [0.25, 0.3) is 0 Å². The van der Waals surface area contributed by atoms with E-state index in [9.17, 15) is 4.79 Å². The molecule has 2 heterocycles. The lowest BCUT2D eigenvalue weighted by Crippen LogP contribution is -2.37. The van der Waals surface area contributed by atoms with E-state index in [2.05, 4.69) is 22.2 Å². The molecule has 0 unspecified atom stereocenters. The molecule has 2 rings (SSSR count). The first-order valence-corrected chi connectivity index (χ1v) is 7.68. The van der Waals surface area contributed by atoms with Crippen LogP contribution in [0.3, 0.4) is 0 Å². The van der Waals surface area contributed by atoms with E-state index in [1.54, 1.807) is 6.33 Å². The summed E-state index contributed by atoms with van der Waals surface area (Å²) in [6, 6.07) is 0. The third-order valence-corrected chi connectivity index (χ3v) is 3.79. The topological polar surface area (TPSA) is 61.4 Å². The third kappa shape index (κ3) is 3.83. The average Bonchev–Trinajstić information content (AvgIpc) is 3.00. The van der Waals surface area contributed by atoms with Crippen LogP contribution < -0.4 is 10.2 Å². The lowest BCUT2D eigenvalue weighted by Gasteiger charge is -2.23. The van der Waals surface area contributed by atoms with Crippen LogP contribution in [-0.4, -0.2) is 54.0 Å². The zero-order valence-electron chi connectivity index (χ0n) is 13.2. The van der Waals surface area contributed by atoms with E-state index in [1.807, 2.05) is 23.8 Å². The first-order chi connectivity index (χ1) is 10.1. The molecule has 116 valence electrons. The van der Waals surface area contributed by atoms with Crippen LogP contribution in [0.2, 0.25) is 0 Å². The number of nitrogens with zero attached hydrogens (tertiary/aromatic N) is 4. The van der Waals surface area contributed by atoms with E-state index < -0.39 is 0 Å². The van der Waals surface area contributed by atoms with Crippen LogP contribution in [-0.2, 0) is 4.79 Å². The number of hydrogen-bond acceptors (Lipinski definition) is 5. The fraction of sp³-hybridized carbons (Fsp3) is 0.667. The Balaban J connectivity index is 2.04. The summed E-state index contributed by atoms with van der Waals surface area (Å²) in [7, 11) is 1.91. The highest BCUT2D eigenvalue weighted by atomic mass is 16.2. The maximum Gasteiger partial charge on any atom is 0.242 e. The van der Waals surface area contributed by atoms with Gasteiger partial charge in [-0.1, -0.05) is 6.92 Å². The Labute approximate surface area is 126 Å². The van der Waals surface area contributed by atoms with E-state index in [0.717, 1.165) is 56.1 Å². The van der Waals surface area contributed by atoms with Crippen molar-refractivity contribution in [1.82, 2.24) is 14.9 Å². The minimum absolute atomic E-state index is 0.177. The molecule has 1 fully saturated rings. The molecule has 0 saturated carbocycles. The summed E-state index contributed by atoms with van der Waals surface area (Å²) in [6.45, 7) is 7.13. The molecule has 1 aromatic heterocycles. The number of likely N-dealkylation sites (N-methyl/N-ethyl adjacent to an activating group) is 1. The van der Waals surface area contributed by atoms with Gasteiger partial charge in [0, 0.05) is 32.2 Å². The SMILES string of the molecule is CCCNc1ncnc(N(C)CC(=O)N2CCCC2)c1C. The second kappa shape index (κ2) is 7.24. The summed E-state index contributed by atoms with van der Waals surface area (Å²) in [5.74, 6) is 1.84. The van der Waals surface area contributed by atoms with E-state index in [1.165, 1.54) is 0 Å². The molecule has 0 aromatic carbocycles. The van der Waals surface area contributed by atoms with Crippen molar-refractivity contribution >= 4 is 17.5 Å². The van der Waals surface area contributed by atoms with Gasteiger partial charge in [0.05, 0.1) is 6.54 Å². The van der Waals surface area contributed by atoms with Gasteiger partial charge in [-0.15, -0.1) is 0 Å². The number of nitrogens with one attached hydrogen (secondary N) is 1. The lowest BCUT2D eigenvalue weighted by atomic mass is 10.3. The van der Waals surface area contributed by atoms with Crippen molar-refractivity contribution in [3.05, 3.63) is 11.9 Å². The molecule has 21 heavy (non-hydrogen) atoms.